The molecule has 1 saturated carbocycles. The lowest BCUT2D eigenvalue weighted by Crippen LogP contribution is -2.29. The van der Waals surface area contributed by atoms with E-state index < -0.39 is 0 Å². The minimum Gasteiger partial charge on any atom is -0.352 e. The average Bonchev–Trinajstić information content (AvgIpc) is 2.91. The summed E-state index contributed by atoms with van der Waals surface area (Å²) in [6, 6.07) is 0. The molecule has 2 N–H and O–H groups in total. The molecule has 1 fully saturated rings. The Bertz CT molecular complexity index is 303. The first-order valence-electron chi connectivity index (χ1n) is 5.02. The molecule has 1 aliphatic carbocycles. The molecule has 1 amide bonds. The topological polar surface area (TPSA) is 57.8 Å². The van der Waals surface area contributed by atoms with Gasteiger partial charge in [0.15, 0.2) is 0 Å². The molecule has 1 unspecified atom stereocenters. The number of nitrogens with zero attached hydrogens (tertiary/aromatic N) is 1. The zero-order chi connectivity index (χ0) is 9.97. The van der Waals surface area contributed by atoms with Crippen LogP contribution in [0, 0.1) is 11.8 Å². The summed E-state index contributed by atoms with van der Waals surface area (Å²) in [4.78, 5) is 11.6. The summed E-state index contributed by atoms with van der Waals surface area (Å²) >= 11 is 0. The van der Waals surface area contributed by atoms with Crippen molar-refractivity contribution in [3.63, 3.8) is 0 Å². The molecule has 76 valence electrons. The summed E-state index contributed by atoms with van der Waals surface area (Å²) in [7, 11) is 0. The average molecular weight is 193 g/mol. The molecular weight excluding hydrogens is 178 g/mol. The van der Waals surface area contributed by atoms with Gasteiger partial charge in [-0.15, -0.1) is 0 Å². The second-order valence-electron chi connectivity index (χ2n) is 3.95. The summed E-state index contributed by atoms with van der Waals surface area (Å²) in [5.41, 5.74) is 1.02. The van der Waals surface area contributed by atoms with Gasteiger partial charge < -0.3 is 5.32 Å². The summed E-state index contributed by atoms with van der Waals surface area (Å²) in [6.45, 7) is 2.58. The van der Waals surface area contributed by atoms with Gasteiger partial charge in [-0.1, -0.05) is 6.92 Å². The molecule has 1 aromatic rings. The molecule has 0 bridgehead atoms. The number of aromatic amines is 1. The number of aromatic nitrogens is 2. The Hall–Kier alpha value is -1.32. The lowest BCUT2D eigenvalue weighted by atomic mass is 10.1. The third-order valence-electron chi connectivity index (χ3n) is 2.76. The smallest absolute Gasteiger partial charge is 0.223 e. The lowest BCUT2D eigenvalue weighted by Gasteiger charge is -2.09. The van der Waals surface area contributed by atoms with Gasteiger partial charge in [-0.05, 0) is 18.8 Å². The first-order chi connectivity index (χ1) is 6.77. The van der Waals surface area contributed by atoms with Crippen LogP contribution in [0.25, 0.3) is 0 Å². The summed E-state index contributed by atoms with van der Waals surface area (Å²) in [6.07, 6.45) is 5.94. The molecule has 1 atom stereocenters. The Morgan fingerprint density at radius 3 is 3.14 bits per heavy atom. The molecule has 1 aromatic heterocycles. The largest absolute Gasteiger partial charge is 0.352 e. The highest BCUT2D eigenvalue weighted by Crippen LogP contribution is 2.36. The fourth-order valence-electron chi connectivity index (χ4n) is 1.53. The Kier molecular flexibility index (Phi) is 2.52. The third-order valence-corrected chi connectivity index (χ3v) is 2.76. The SMILES string of the molecule is CC(C(=O)NCc1cn[nH]c1)C1CC1. The standard InChI is InChI=1S/C10H15N3O/c1-7(9-2-3-9)10(14)11-4-8-5-12-13-6-8/h5-7,9H,2-4H2,1H3,(H,11,14)(H,12,13). The highest BCUT2D eigenvalue weighted by molar-refractivity contribution is 5.78. The van der Waals surface area contributed by atoms with Crippen molar-refractivity contribution < 1.29 is 4.79 Å². The van der Waals surface area contributed by atoms with Gasteiger partial charge in [-0.2, -0.15) is 5.10 Å². The van der Waals surface area contributed by atoms with Crippen molar-refractivity contribution in [1.29, 1.82) is 0 Å². The van der Waals surface area contributed by atoms with Crippen LogP contribution in [0.1, 0.15) is 25.3 Å². The summed E-state index contributed by atoms with van der Waals surface area (Å²) in [5.74, 6) is 0.954. The summed E-state index contributed by atoms with van der Waals surface area (Å²) in [5, 5.41) is 9.44. The van der Waals surface area contributed by atoms with Crippen molar-refractivity contribution in [3.05, 3.63) is 18.0 Å². The van der Waals surface area contributed by atoms with Crippen LogP contribution >= 0.6 is 0 Å². The minimum absolute atomic E-state index is 0.161. The molecule has 0 radical (unpaired) electrons. The van der Waals surface area contributed by atoms with Gasteiger partial charge in [-0.3, -0.25) is 9.89 Å². The quantitative estimate of drug-likeness (QED) is 0.751. The van der Waals surface area contributed by atoms with E-state index in [0.29, 0.717) is 12.5 Å². The number of hydrogen-bond acceptors (Lipinski definition) is 2. The molecule has 1 aliphatic rings. The molecule has 14 heavy (non-hydrogen) atoms. The Morgan fingerprint density at radius 1 is 1.79 bits per heavy atom. The van der Waals surface area contributed by atoms with E-state index in [0.717, 1.165) is 5.56 Å². The number of H-pyrrole nitrogens is 1. The first-order valence-corrected chi connectivity index (χ1v) is 5.02. The zero-order valence-corrected chi connectivity index (χ0v) is 8.29. The van der Waals surface area contributed by atoms with Crippen LogP contribution in [0.3, 0.4) is 0 Å². The fourth-order valence-corrected chi connectivity index (χ4v) is 1.53. The second kappa shape index (κ2) is 3.82. The number of amides is 1. The van der Waals surface area contributed by atoms with E-state index in [4.69, 9.17) is 0 Å². The minimum atomic E-state index is 0.161. The van der Waals surface area contributed by atoms with E-state index in [-0.39, 0.29) is 11.8 Å². The van der Waals surface area contributed by atoms with Crippen molar-refractivity contribution >= 4 is 5.91 Å². The number of carbonyl (C=O) groups excluding carboxylic acids is 1. The maximum Gasteiger partial charge on any atom is 0.223 e. The van der Waals surface area contributed by atoms with Crippen molar-refractivity contribution in [2.45, 2.75) is 26.3 Å². The Labute approximate surface area is 83.1 Å². The summed E-state index contributed by atoms with van der Waals surface area (Å²) < 4.78 is 0. The highest BCUT2D eigenvalue weighted by atomic mass is 16.1. The van der Waals surface area contributed by atoms with Gasteiger partial charge in [0.1, 0.15) is 0 Å². The third kappa shape index (κ3) is 2.13. The number of nitrogens with one attached hydrogen (secondary N) is 2. The van der Waals surface area contributed by atoms with Crippen LogP contribution in [0.2, 0.25) is 0 Å². The monoisotopic (exact) mass is 193 g/mol. The molecule has 2 rings (SSSR count). The van der Waals surface area contributed by atoms with Crippen LogP contribution < -0.4 is 5.32 Å². The van der Waals surface area contributed by atoms with Crippen molar-refractivity contribution in [1.82, 2.24) is 15.5 Å². The highest BCUT2D eigenvalue weighted by Gasteiger charge is 2.32. The molecule has 0 spiro atoms. The number of carbonyl (C=O) groups is 1. The maximum atomic E-state index is 11.6. The van der Waals surface area contributed by atoms with Gasteiger partial charge in [0.05, 0.1) is 6.20 Å². The van der Waals surface area contributed by atoms with E-state index in [2.05, 4.69) is 15.5 Å². The van der Waals surface area contributed by atoms with E-state index in [1.54, 1.807) is 12.4 Å². The number of rotatable bonds is 4. The predicted molar refractivity (Wildman–Crippen MR) is 52.3 cm³/mol. The second-order valence-corrected chi connectivity index (χ2v) is 3.95. The van der Waals surface area contributed by atoms with Crippen LogP contribution in [0.4, 0.5) is 0 Å². The van der Waals surface area contributed by atoms with E-state index >= 15 is 0 Å². The molecular formula is C10H15N3O. The Balaban J connectivity index is 1.77. The zero-order valence-electron chi connectivity index (χ0n) is 8.29. The van der Waals surface area contributed by atoms with Crippen LogP contribution in [-0.4, -0.2) is 16.1 Å². The van der Waals surface area contributed by atoms with Gasteiger partial charge in [0.2, 0.25) is 5.91 Å². The normalized spacial score (nSPS) is 17.8. The van der Waals surface area contributed by atoms with Crippen molar-refractivity contribution in [2.75, 3.05) is 0 Å². The number of hydrogen-bond donors (Lipinski definition) is 2. The van der Waals surface area contributed by atoms with Crippen molar-refractivity contribution in [3.8, 4) is 0 Å². The van der Waals surface area contributed by atoms with Crippen LogP contribution in [0.5, 0.6) is 0 Å². The molecule has 4 heteroatoms. The molecule has 1 heterocycles. The van der Waals surface area contributed by atoms with Crippen LogP contribution in [0.15, 0.2) is 12.4 Å². The van der Waals surface area contributed by atoms with Gasteiger partial charge in [0, 0.05) is 24.2 Å². The van der Waals surface area contributed by atoms with Gasteiger partial charge in [0.25, 0.3) is 0 Å². The first kappa shape index (κ1) is 9.24. The van der Waals surface area contributed by atoms with Crippen molar-refractivity contribution in [2.24, 2.45) is 11.8 Å². The Morgan fingerprint density at radius 2 is 2.57 bits per heavy atom. The van der Waals surface area contributed by atoms with Gasteiger partial charge >= 0.3 is 0 Å². The molecule has 0 aromatic carbocycles. The molecule has 0 aliphatic heterocycles. The van der Waals surface area contributed by atoms with Crippen LogP contribution in [-0.2, 0) is 11.3 Å². The lowest BCUT2D eigenvalue weighted by molar-refractivity contribution is -0.125. The van der Waals surface area contributed by atoms with E-state index in [1.165, 1.54) is 12.8 Å². The predicted octanol–water partition coefficient (Wildman–Crippen LogP) is 1.07. The molecule has 4 nitrogen and oxygen atoms in total. The van der Waals surface area contributed by atoms with Gasteiger partial charge in [-0.25, -0.2) is 0 Å². The van der Waals surface area contributed by atoms with E-state index in [1.807, 2.05) is 6.92 Å². The maximum absolute atomic E-state index is 11.6. The fraction of sp³-hybridized carbons (Fsp3) is 0.600. The molecule has 0 saturated heterocycles. The van der Waals surface area contributed by atoms with E-state index in [9.17, 15) is 4.79 Å².